The zero-order valence-electron chi connectivity index (χ0n) is 10.8. The maximum atomic E-state index is 12.0. The Bertz CT molecular complexity index is 423. The van der Waals surface area contributed by atoms with E-state index >= 15 is 0 Å². The molecule has 0 N–H and O–H groups in total. The first kappa shape index (κ1) is 12.1. The predicted molar refractivity (Wildman–Crippen MR) is 65.0 cm³/mol. The molecular weight excluding hydrogens is 216 g/mol. The van der Waals surface area contributed by atoms with Crippen molar-refractivity contribution < 1.29 is 9.53 Å². The highest BCUT2D eigenvalue weighted by Gasteiger charge is 2.26. The Morgan fingerprint density at radius 2 is 2.29 bits per heavy atom. The summed E-state index contributed by atoms with van der Waals surface area (Å²) in [6.45, 7) is 7.39. The van der Waals surface area contributed by atoms with Gasteiger partial charge in [-0.1, -0.05) is 13.8 Å². The number of carbonyl (C=O) groups is 1. The van der Waals surface area contributed by atoms with Gasteiger partial charge in [0.2, 0.25) is 0 Å². The van der Waals surface area contributed by atoms with Crippen molar-refractivity contribution in [2.75, 3.05) is 6.61 Å². The fraction of sp³-hybridized carbons (Fsp3) is 0.692. The molecule has 0 saturated heterocycles. The van der Waals surface area contributed by atoms with Gasteiger partial charge in [0.1, 0.15) is 5.82 Å². The number of hydrogen-bond acceptors (Lipinski definition) is 3. The van der Waals surface area contributed by atoms with Crippen molar-refractivity contribution in [2.24, 2.45) is 5.92 Å². The molecule has 0 amide bonds. The second kappa shape index (κ2) is 4.90. The van der Waals surface area contributed by atoms with Gasteiger partial charge in [0.05, 0.1) is 12.3 Å². The van der Waals surface area contributed by atoms with E-state index in [9.17, 15) is 4.79 Å². The maximum Gasteiger partial charge on any atom is 0.356 e. The molecule has 1 aliphatic heterocycles. The highest BCUT2D eigenvalue weighted by molar-refractivity contribution is 5.89. The molecule has 1 aliphatic rings. The van der Waals surface area contributed by atoms with E-state index in [-0.39, 0.29) is 5.97 Å². The number of imidazole rings is 1. The van der Waals surface area contributed by atoms with Crippen molar-refractivity contribution in [3.63, 3.8) is 0 Å². The molecular formula is C13H20N2O2. The van der Waals surface area contributed by atoms with Crippen molar-refractivity contribution in [1.82, 2.24) is 9.55 Å². The summed E-state index contributed by atoms with van der Waals surface area (Å²) >= 11 is 0. The van der Waals surface area contributed by atoms with Crippen LogP contribution in [0.1, 0.15) is 49.2 Å². The van der Waals surface area contributed by atoms with Crippen molar-refractivity contribution in [2.45, 2.75) is 46.6 Å². The molecule has 0 unspecified atom stereocenters. The smallest absolute Gasteiger partial charge is 0.356 e. The third-order valence-corrected chi connectivity index (χ3v) is 3.30. The molecule has 4 nitrogen and oxygen atoms in total. The number of ether oxygens (including phenoxy) is 1. The van der Waals surface area contributed by atoms with E-state index in [1.54, 1.807) is 0 Å². The van der Waals surface area contributed by atoms with Crippen LogP contribution in [0.15, 0.2) is 0 Å². The van der Waals surface area contributed by atoms with Crippen LogP contribution in [0.2, 0.25) is 0 Å². The lowest BCUT2D eigenvalue weighted by atomic mass is 10.0. The number of rotatable bonds is 3. The first-order valence-corrected chi connectivity index (χ1v) is 6.42. The Morgan fingerprint density at radius 1 is 1.53 bits per heavy atom. The summed E-state index contributed by atoms with van der Waals surface area (Å²) in [5.41, 5.74) is 1.56. The number of aromatic nitrogens is 2. The monoisotopic (exact) mass is 236 g/mol. The molecule has 0 aromatic carbocycles. The topological polar surface area (TPSA) is 44.1 Å². The van der Waals surface area contributed by atoms with Crippen molar-refractivity contribution in [3.05, 3.63) is 17.2 Å². The Kier molecular flexibility index (Phi) is 3.50. The van der Waals surface area contributed by atoms with Crippen LogP contribution in [0, 0.1) is 5.92 Å². The van der Waals surface area contributed by atoms with Gasteiger partial charge in [-0.15, -0.1) is 0 Å². The first-order valence-electron chi connectivity index (χ1n) is 6.42. The van der Waals surface area contributed by atoms with Crippen LogP contribution in [0.5, 0.6) is 0 Å². The van der Waals surface area contributed by atoms with E-state index < -0.39 is 0 Å². The summed E-state index contributed by atoms with van der Waals surface area (Å²) in [7, 11) is 0. The number of aryl methyl sites for hydroxylation is 1. The fourth-order valence-electron chi connectivity index (χ4n) is 2.39. The number of nitrogens with zero attached hydrogens (tertiary/aromatic N) is 2. The lowest BCUT2D eigenvalue weighted by Gasteiger charge is -2.20. The zero-order valence-corrected chi connectivity index (χ0v) is 10.8. The minimum atomic E-state index is -0.224. The average molecular weight is 236 g/mol. The normalized spacial score (nSPS) is 18.9. The van der Waals surface area contributed by atoms with Gasteiger partial charge < -0.3 is 9.30 Å². The summed E-state index contributed by atoms with van der Waals surface area (Å²) in [4.78, 5) is 16.5. The van der Waals surface area contributed by atoms with Gasteiger partial charge in [-0.2, -0.15) is 0 Å². The van der Waals surface area contributed by atoms with Crippen LogP contribution in [0.3, 0.4) is 0 Å². The summed E-state index contributed by atoms with van der Waals surface area (Å²) in [6.07, 6.45) is 2.86. The molecule has 0 radical (unpaired) electrons. The third kappa shape index (κ3) is 2.21. The standard InChI is InChI=1S/C13H20N2O2/c1-4-10-12(13(16)17-5-2)15-7-6-9(3)8-11(15)14-10/h9H,4-8H2,1-3H3/t9-/m1/s1. The van der Waals surface area contributed by atoms with E-state index in [0.717, 1.165) is 37.3 Å². The molecule has 0 saturated carbocycles. The van der Waals surface area contributed by atoms with Gasteiger partial charge in [0.15, 0.2) is 5.69 Å². The van der Waals surface area contributed by atoms with E-state index in [1.165, 1.54) is 0 Å². The molecule has 0 fully saturated rings. The summed E-state index contributed by atoms with van der Waals surface area (Å²) in [5, 5.41) is 0. The summed E-state index contributed by atoms with van der Waals surface area (Å²) in [6, 6.07) is 0. The SMILES string of the molecule is CCOC(=O)c1c(CC)nc2n1CC[C@@H](C)C2. The van der Waals surface area contributed by atoms with Crippen LogP contribution >= 0.6 is 0 Å². The molecule has 0 spiro atoms. The molecule has 2 heterocycles. The average Bonchev–Trinajstić information content (AvgIpc) is 2.66. The Labute approximate surface area is 102 Å². The minimum absolute atomic E-state index is 0.224. The van der Waals surface area contributed by atoms with Crippen molar-refractivity contribution in [1.29, 1.82) is 0 Å². The number of hydrogen-bond donors (Lipinski definition) is 0. The second-order valence-electron chi connectivity index (χ2n) is 4.65. The first-order chi connectivity index (χ1) is 8.17. The highest BCUT2D eigenvalue weighted by Crippen LogP contribution is 2.24. The summed E-state index contributed by atoms with van der Waals surface area (Å²) in [5.74, 6) is 1.48. The second-order valence-corrected chi connectivity index (χ2v) is 4.65. The van der Waals surface area contributed by atoms with Gasteiger partial charge in [-0.3, -0.25) is 0 Å². The Hall–Kier alpha value is -1.32. The number of fused-ring (bicyclic) bond motifs is 1. The summed E-state index contributed by atoms with van der Waals surface area (Å²) < 4.78 is 7.17. The van der Waals surface area contributed by atoms with Crippen LogP contribution in [-0.4, -0.2) is 22.1 Å². The number of carbonyl (C=O) groups excluding carboxylic acids is 1. The molecule has 4 heteroatoms. The lowest BCUT2D eigenvalue weighted by molar-refractivity contribution is 0.0510. The molecule has 1 aromatic heterocycles. The quantitative estimate of drug-likeness (QED) is 0.756. The Morgan fingerprint density at radius 3 is 2.94 bits per heavy atom. The van der Waals surface area contributed by atoms with Gasteiger partial charge in [0, 0.05) is 13.0 Å². The molecule has 1 atom stereocenters. The van der Waals surface area contributed by atoms with Crippen LogP contribution < -0.4 is 0 Å². The van der Waals surface area contributed by atoms with Gasteiger partial charge >= 0.3 is 5.97 Å². The van der Waals surface area contributed by atoms with E-state index in [1.807, 2.05) is 13.8 Å². The van der Waals surface area contributed by atoms with Crippen LogP contribution in [-0.2, 0) is 24.1 Å². The largest absolute Gasteiger partial charge is 0.461 e. The number of esters is 1. The van der Waals surface area contributed by atoms with E-state index in [2.05, 4.69) is 16.5 Å². The van der Waals surface area contributed by atoms with Crippen molar-refractivity contribution in [3.8, 4) is 0 Å². The molecule has 2 rings (SSSR count). The molecule has 0 aliphatic carbocycles. The van der Waals surface area contributed by atoms with Crippen molar-refractivity contribution >= 4 is 5.97 Å². The van der Waals surface area contributed by atoms with Gasteiger partial charge in [-0.25, -0.2) is 9.78 Å². The third-order valence-electron chi connectivity index (χ3n) is 3.30. The van der Waals surface area contributed by atoms with Crippen LogP contribution in [0.4, 0.5) is 0 Å². The zero-order chi connectivity index (χ0) is 12.4. The minimum Gasteiger partial charge on any atom is -0.461 e. The maximum absolute atomic E-state index is 12.0. The fourth-order valence-corrected chi connectivity index (χ4v) is 2.39. The van der Waals surface area contributed by atoms with Crippen LogP contribution in [0.25, 0.3) is 0 Å². The van der Waals surface area contributed by atoms with Gasteiger partial charge in [-0.05, 0) is 25.7 Å². The van der Waals surface area contributed by atoms with E-state index in [0.29, 0.717) is 18.2 Å². The molecule has 94 valence electrons. The van der Waals surface area contributed by atoms with Gasteiger partial charge in [0.25, 0.3) is 0 Å². The molecule has 1 aromatic rings. The molecule has 17 heavy (non-hydrogen) atoms. The van der Waals surface area contributed by atoms with E-state index in [4.69, 9.17) is 4.74 Å². The lowest BCUT2D eigenvalue weighted by Crippen LogP contribution is -2.21. The molecule has 0 bridgehead atoms. The predicted octanol–water partition coefficient (Wildman–Crippen LogP) is 2.20. The highest BCUT2D eigenvalue weighted by atomic mass is 16.5. The Balaban J connectivity index is 2.39.